The Balaban J connectivity index is 2.03. The van der Waals surface area contributed by atoms with Crippen LogP contribution in [-0.4, -0.2) is 22.7 Å². The molecule has 0 spiro atoms. The number of rotatable bonds is 1. The second kappa shape index (κ2) is 4.04. The van der Waals surface area contributed by atoms with Gasteiger partial charge in [-0.2, -0.15) is 12.6 Å². The summed E-state index contributed by atoms with van der Waals surface area (Å²) in [6, 6.07) is 9.96. The van der Waals surface area contributed by atoms with E-state index in [1.807, 2.05) is 36.5 Å². The van der Waals surface area contributed by atoms with Gasteiger partial charge in [0, 0.05) is 29.8 Å². The summed E-state index contributed by atoms with van der Waals surface area (Å²) in [4.78, 5) is 17.8. The van der Waals surface area contributed by atoms with E-state index >= 15 is 0 Å². The fourth-order valence-corrected chi connectivity index (χ4v) is 2.45. The molecule has 1 aliphatic heterocycles. The van der Waals surface area contributed by atoms with Gasteiger partial charge in [-0.1, -0.05) is 24.3 Å². The highest BCUT2D eigenvalue weighted by Crippen LogP contribution is 2.25. The standard InChI is InChI=1S/C13H12N2OS/c16-13-6-11(17)8-15(13)12-5-9-3-1-2-4-10(9)7-14-12/h1-5,7,11,17H,6,8H2. The van der Waals surface area contributed by atoms with Crippen molar-refractivity contribution in [3.8, 4) is 0 Å². The summed E-state index contributed by atoms with van der Waals surface area (Å²) in [7, 11) is 0. The van der Waals surface area contributed by atoms with Crippen molar-refractivity contribution in [1.29, 1.82) is 0 Å². The summed E-state index contributed by atoms with van der Waals surface area (Å²) in [5.41, 5.74) is 0. The van der Waals surface area contributed by atoms with Gasteiger partial charge in [0.2, 0.25) is 5.91 Å². The Morgan fingerprint density at radius 2 is 2.06 bits per heavy atom. The first-order chi connectivity index (χ1) is 8.24. The zero-order chi connectivity index (χ0) is 11.8. The summed E-state index contributed by atoms with van der Waals surface area (Å²) in [6.45, 7) is 0.646. The lowest BCUT2D eigenvalue weighted by Gasteiger charge is -2.15. The molecule has 1 saturated heterocycles. The monoisotopic (exact) mass is 244 g/mol. The van der Waals surface area contributed by atoms with Gasteiger partial charge in [0.15, 0.2) is 0 Å². The molecule has 0 saturated carbocycles. The molecule has 1 unspecified atom stereocenters. The average Bonchev–Trinajstić information content (AvgIpc) is 2.68. The van der Waals surface area contributed by atoms with E-state index < -0.39 is 0 Å². The van der Waals surface area contributed by atoms with E-state index in [9.17, 15) is 4.79 Å². The van der Waals surface area contributed by atoms with E-state index in [1.165, 1.54) is 0 Å². The van der Waals surface area contributed by atoms with E-state index in [0.717, 1.165) is 16.6 Å². The molecule has 0 bridgehead atoms. The molecule has 1 atom stereocenters. The van der Waals surface area contributed by atoms with Gasteiger partial charge in [0.05, 0.1) is 0 Å². The lowest BCUT2D eigenvalue weighted by molar-refractivity contribution is -0.117. The normalized spacial score (nSPS) is 20.2. The van der Waals surface area contributed by atoms with Crippen molar-refractivity contribution >= 4 is 35.1 Å². The number of thiol groups is 1. The predicted octanol–water partition coefficient (Wildman–Crippen LogP) is 2.27. The van der Waals surface area contributed by atoms with Crippen LogP contribution in [0.5, 0.6) is 0 Å². The van der Waals surface area contributed by atoms with Crippen LogP contribution in [0, 0.1) is 0 Å². The van der Waals surface area contributed by atoms with Gasteiger partial charge in [0.1, 0.15) is 5.82 Å². The van der Waals surface area contributed by atoms with Gasteiger partial charge >= 0.3 is 0 Å². The van der Waals surface area contributed by atoms with Crippen molar-refractivity contribution in [2.24, 2.45) is 0 Å². The molecule has 3 nitrogen and oxygen atoms in total. The number of hydrogen-bond donors (Lipinski definition) is 1. The van der Waals surface area contributed by atoms with Crippen molar-refractivity contribution in [2.45, 2.75) is 11.7 Å². The Hall–Kier alpha value is -1.55. The summed E-state index contributed by atoms with van der Waals surface area (Å²) >= 11 is 4.34. The second-order valence-electron chi connectivity index (χ2n) is 4.25. The third-order valence-electron chi connectivity index (χ3n) is 3.00. The van der Waals surface area contributed by atoms with Gasteiger partial charge in [0.25, 0.3) is 0 Å². The fraction of sp³-hybridized carbons (Fsp3) is 0.231. The highest BCUT2D eigenvalue weighted by molar-refractivity contribution is 7.81. The molecule has 2 heterocycles. The minimum atomic E-state index is 0.104. The molecule has 17 heavy (non-hydrogen) atoms. The molecule has 0 radical (unpaired) electrons. The molecular weight excluding hydrogens is 232 g/mol. The van der Waals surface area contributed by atoms with E-state index in [1.54, 1.807) is 4.90 Å². The number of nitrogens with zero attached hydrogens (tertiary/aromatic N) is 2. The lowest BCUT2D eigenvalue weighted by atomic mass is 10.2. The first-order valence-corrected chi connectivity index (χ1v) is 6.09. The zero-order valence-electron chi connectivity index (χ0n) is 9.21. The van der Waals surface area contributed by atoms with Crippen LogP contribution in [0.15, 0.2) is 36.5 Å². The number of aromatic nitrogens is 1. The van der Waals surface area contributed by atoms with Crippen molar-refractivity contribution in [1.82, 2.24) is 4.98 Å². The maximum atomic E-state index is 11.8. The first-order valence-electron chi connectivity index (χ1n) is 5.57. The summed E-state index contributed by atoms with van der Waals surface area (Å²) in [5, 5.41) is 2.31. The van der Waals surface area contributed by atoms with Gasteiger partial charge in [-0.05, 0) is 11.5 Å². The number of benzene rings is 1. The van der Waals surface area contributed by atoms with Crippen molar-refractivity contribution in [3.63, 3.8) is 0 Å². The third kappa shape index (κ3) is 1.89. The number of amides is 1. The molecule has 1 amide bonds. The molecule has 86 valence electrons. The van der Waals surface area contributed by atoms with Crippen LogP contribution in [-0.2, 0) is 4.79 Å². The third-order valence-corrected chi connectivity index (χ3v) is 3.34. The van der Waals surface area contributed by atoms with Crippen LogP contribution in [0.3, 0.4) is 0 Å². The Bertz CT molecular complexity index is 584. The number of anilines is 1. The van der Waals surface area contributed by atoms with Crippen LogP contribution < -0.4 is 4.90 Å². The van der Waals surface area contributed by atoms with Gasteiger partial charge in [-0.25, -0.2) is 4.98 Å². The lowest BCUT2D eigenvalue weighted by Crippen LogP contribution is -2.25. The molecule has 1 aromatic carbocycles. The summed E-state index contributed by atoms with van der Waals surface area (Å²) in [5.74, 6) is 0.832. The van der Waals surface area contributed by atoms with Gasteiger partial charge < -0.3 is 0 Å². The smallest absolute Gasteiger partial charge is 0.229 e. The van der Waals surface area contributed by atoms with Crippen LogP contribution in [0.2, 0.25) is 0 Å². The minimum Gasteiger partial charge on any atom is -0.296 e. The molecule has 1 fully saturated rings. The zero-order valence-corrected chi connectivity index (χ0v) is 10.1. The molecule has 0 aliphatic carbocycles. The maximum Gasteiger partial charge on any atom is 0.229 e. The number of fused-ring (bicyclic) bond motifs is 1. The molecule has 0 N–H and O–H groups in total. The molecule has 1 aromatic heterocycles. The number of pyridine rings is 1. The SMILES string of the molecule is O=C1CC(S)CN1c1cc2ccccc2cn1. The van der Waals surface area contributed by atoms with E-state index in [0.29, 0.717) is 13.0 Å². The van der Waals surface area contributed by atoms with Gasteiger partial charge in [-0.3, -0.25) is 9.69 Å². The predicted molar refractivity (Wildman–Crippen MR) is 71.5 cm³/mol. The van der Waals surface area contributed by atoms with E-state index in [-0.39, 0.29) is 11.2 Å². The minimum absolute atomic E-state index is 0.104. The highest BCUT2D eigenvalue weighted by Gasteiger charge is 2.29. The quantitative estimate of drug-likeness (QED) is 0.781. The largest absolute Gasteiger partial charge is 0.296 e. The molecule has 1 aliphatic rings. The second-order valence-corrected chi connectivity index (χ2v) is 4.98. The van der Waals surface area contributed by atoms with Crippen molar-refractivity contribution in [2.75, 3.05) is 11.4 Å². The number of carbonyl (C=O) groups excluding carboxylic acids is 1. The van der Waals surface area contributed by atoms with Gasteiger partial charge in [-0.15, -0.1) is 0 Å². The first kappa shape index (κ1) is 10.6. The molecular formula is C13H12N2OS. The van der Waals surface area contributed by atoms with Crippen LogP contribution >= 0.6 is 12.6 Å². The van der Waals surface area contributed by atoms with E-state index in [4.69, 9.17) is 0 Å². The van der Waals surface area contributed by atoms with Crippen molar-refractivity contribution in [3.05, 3.63) is 36.5 Å². The number of hydrogen-bond acceptors (Lipinski definition) is 3. The Kier molecular flexibility index (Phi) is 2.52. The molecule has 3 rings (SSSR count). The Morgan fingerprint density at radius 3 is 2.76 bits per heavy atom. The number of carbonyl (C=O) groups is 1. The fourth-order valence-electron chi connectivity index (χ4n) is 2.13. The maximum absolute atomic E-state index is 11.8. The summed E-state index contributed by atoms with van der Waals surface area (Å²) < 4.78 is 0. The Morgan fingerprint density at radius 1 is 1.29 bits per heavy atom. The van der Waals surface area contributed by atoms with Crippen molar-refractivity contribution < 1.29 is 4.79 Å². The average molecular weight is 244 g/mol. The molecule has 4 heteroatoms. The highest BCUT2D eigenvalue weighted by atomic mass is 32.1. The van der Waals surface area contributed by atoms with Crippen LogP contribution in [0.25, 0.3) is 10.8 Å². The topological polar surface area (TPSA) is 33.2 Å². The Labute approximate surface area is 105 Å². The van der Waals surface area contributed by atoms with Crippen LogP contribution in [0.4, 0.5) is 5.82 Å². The molecule has 2 aromatic rings. The van der Waals surface area contributed by atoms with Crippen LogP contribution in [0.1, 0.15) is 6.42 Å². The summed E-state index contributed by atoms with van der Waals surface area (Å²) in [6.07, 6.45) is 2.31. The van der Waals surface area contributed by atoms with E-state index in [2.05, 4.69) is 17.6 Å².